The highest BCUT2D eigenvalue weighted by atomic mass is 16.6. The zero-order valence-corrected chi connectivity index (χ0v) is 9.54. The van der Waals surface area contributed by atoms with Gasteiger partial charge in [0.2, 0.25) is 0 Å². The van der Waals surface area contributed by atoms with Crippen molar-refractivity contribution in [1.82, 2.24) is 5.16 Å². The molecule has 92 valence electrons. The van der Waals surface area contributed by atoms with Crippen molar-refractivity contribution < 1.29 is 18.8 Å². The summed E-state index contributed by atoms with van der Waals surface area (Å²) >= 11 is 0. The number of aromatic nitrogens is 1. The molecule has 2 aromatic rings. The monoisotopic (exact) mass is 246 g/mol. The van der Waals surface area contributed by atoms with E-state index in [1.165, 1.54) is 0 Å². The first-order chi connectivity index (χ1) is 8.59. The van der Waals surface area contributed by atoms with Crippen LogP contribution in [0.2, 0.25) is 0 Å². The summed E-state index contributed by atoms with van der Waals surface area (Å²) in [4.78, 5) is 22.3. The molecule has 0 aliphatic carbocycles. The van der Waals surface area contributed by atoms with Crippen molar-refractivity contribution in [2.24, 2.45) is 5.73 Å². The number of esters is 1. The Labute approximate surface area is 102 Å². The molecule has 1 amide bonds. The Morgan fingerprint density at radius 3 is 2.56 bits per heavy atom. The molecule has 1 aromatic heterocycles. The van der Waals surface area contributed by atoms with E-state index in [2.05, 4.69) is 9.89 Å². The summed E-state index contributed by atoms with van der Waals surface area (Å²) < 4.78 is 9.29. The van der Waals surface area contributed by atoms with Crippen molar-refractivity contribution in [3.8, 4) is 11.3 Å². The molecule has 0 aliphatic rings. The topological polar surface area (TPSA) is 95.4 Å². The van der Waals surface area contributed by atoms with E-state index < -0.39 is 12.1 Å². The zero-order chi connectivity index (χ0) is 13.1. The first-order valence-electron chi connectivity index (χ1n) is 5.13. The van der Waals surface area contributed by atoms with Crippen molar-refractivity contribution in [3.05, 3.63) is 41.7 Å². The van der Waals surface area contributed by atoms with Gasteiger partial charge in [-0.3, -0.25) is 0 Å². The molecule has 0 radical (unpaired) electrons. The van der Waals surface area contributed by atoms with E-state index in [1.54, 1.807) is 31.2 Å². The number of hydrogen-bond donors (Lipinski definition) is 1. The molecule has 0 unspecified atom stereocenters. The summed E-state index contributed by atoms with van der Waals surface area (Å²) in [5.74, 6) is -0.611. The molecule has 18 heavy (non-hydrogen) atoms. The lowest BCUT2D eigenvalue weighted by molar-refractivity contribution is 0.0637. The second kappa shape index (κ2) is 4.70. The van der Waals surface area contributed by atoms with Crippen LogP contribution in [-0.4, -0.2) is 17.2 Å². The standard InChI is InChI=1S/C12H10N2O4/c1-7-9(11(15)17-12(13)16)10(14-18-7)8-5-3-2-4-6-8/h2-6H,1H3,(H2,13,16). The van der Waals surface area contributed by atoms with Gasteiger partial charge < -0.3 is 15.0 Å². The van der Waals surface area contributed by atoms with Crippen LogP contribution in [0.25, 0.3) is 11.3 Å². The lowest BCUT2D eigenvalue weighted by Crippen LogP contribution is -2.19. The number of rotatable bonds is 2. The number of ether oxygens (including phenoxy) is 1. The maximum Gasteiger partial charge on any atom is 0.412 e. The summed E-state index contributed by atoms with van der Waals surface area (Å²) in [5, 5.41) is 3.79. The number of amides is 1. The highest BCUT2D eigenvalue weighted by Crippen LogP contribution is 2.25. The Morgan fingerprint density at radius 1 is 1.28 bits per heavy atom. The van der Waals surface area contributed by atoms with Crippen LogP contribution < -0.4 is 5.73 Å². The molecule has 0 spiro atoms. The number of primary amides is 1. The maximum atomic E-state index is 11.7. The van der Waals surface area contributed by atoms with Gasteiger partial charge in [0.05, 0.1) is 0 Å². The Kier molecular flexibility index (Phi) is 3.09. The van der Waals surface area contributed by atoms with Gasteiger partial charge in [-0.15, -0.1) is 0 Å². The highest BCUT2D eigenvalue weighted by molar-refractivity contribution is 6.01. The van der Waals surface area contributed by atoms with E-state index in [9.17, 15) is 9.59 Å². The average Bonchev–Trinajstić information content (AvgIpc) is 2.71. The normalized spacial score (nSPS) is 10.1. The van der Waals surface area contributed by atoms with Crippen molar-refractivity contribution in [2.45, 2.75) is 6.92 Å². The SMILES string of the molecule is Cc1onc(-c2ccccc2)c1C(=O)OC(N)=O. The van der Waals surface area contributed by atoms with Crippen LogP contribution in [0.5, 0.6) is 0 Å². The first kappa shape index (κ1) is 11.8. The Hall–Kier alpha value is -2.63. The predicted molar refractivity (Wildman–Crippen MR) is 61.7 cm³/mol. The molecule has 0 atom stereocenters. The van der Waals surface area contributed by atoms with E-state index in [4.69, 9.17) is 10.3 Å². The molecule has 0 aliphatic heterocycles. The van der Waals surface area contributed by atoms with E-state index in [0.29, 0.717) is 11.3 Å². The van der Waals surface area contributed by atoms with E-state index in [1.807, 2.05) is 6.07 Å². The summed E-state index contributed by atoms with van der Waals surface area (Å²) in [7, 11) is 0. The number of carbonyl (C=O) groups is 2. The number of hydrogen-bond acceptors (Lipinski definition) is 5. The average molecular weight is 246 g/mol. The molecule has 2 N–H and O–H groups in total. The van der Waals surface area contributed by atoms with Crippen LogP contribution in [0.3, 0.4) is 0 Å². The number of nitrogens with zero attached hydrogens (tertiary/aromatic N) is 1. The van der Waals surface area contributed by atoms with E-state index in [-0.39, 0.29) is 11.3 Å². The Balaban J connectivity index is 2.45. The second-order valence-electron chi connectivity index (χ2n) is 3.54. The van der Waals surface area contributed by atoms with Crippen LogP contribution in [0.4, 0.5) is 4.79 Å². The van der Waals surface area contributed by atoms with Crippen LogP contribution >= 0.6 is 0 Å². The van der Waals surface area contributed by atoms with Crippen LogP contribution in [-0.2, 0) is 4.74 Å². The number of nitrogens with two attached hydrogens (primary N) is 1. The third kappa shape index (κ3) is 2.22. The Bertz CT molecular complexity index is 589. The molecule has 0 saturated carbocycles. The fourth-order valence-electron chi connectivity index (χ4n) is 1.55. The van der Waals surface area contributed by atoms with Gasteiger partial charge in [-0.1, -0.05) is 35.5 Å². The minimum absolute atomic E-state index is 0.0972. The second-order valence-corrected chi connectivity index (χ2v) is 3.54. The van der Waals surface area contributed by atoms with Crippen molar-refractivity contribution in [2.75, 3.05) is 0 Å². The lowest BCUT2D eigenvalue weighted by Gasteiger charge is -2.00. The molecular weight excluding hydrogens is 236 g/mol. The van der Waals surface area contributed by atoms with Gasteiger partial charge in [-0.25, -0.2) is 9.59 Å². The third-order valence-electron chi connectivity index (χ3n) is 2.31. The summed E-state index contributed by atoms with van der Waals surface area (Å²) in [6.07, 6.45) is -1.17. The fraction of sp³-hybridized carbons (Fsp3) is 0.0833. The van der Waals surface area contributed by atoms with Gasteiger partial charge >= 0.3 is 12.1 Å². The van der Waals surface area contributed by atoms with Gasteiger partial charge in [-0.05, 0) is 6.92 Å². The van der Waals surface area contributed by atoms with Gasteiger partial charge in [-0.2, -0.15) is 0 Å². The van der Waals surface area contributed by atoms with Crippen LogP contribution in [0.15, 0.2) is 34.9 Å². The number of benzene rings is 1. The Morgan fingerprint density at radius 2 is 1.94 bits per heavy atom. The summed E-state index contributed by atoms with van der Waals surface area (Å²) in [5.41, 5.74) is 5.91. The molecule has 0 bridgehead atoms. The maximum absolute atomic E-state index is 11.7. The smallest absolute Gasteiger partial charge is 0.373 e. The van der Waals surface area contributed by atoms with E-state index >= 15 is 0 Å². The molecule has 0 saturated heterocycles. The first-order valence-corrected chi connectivity index (χ1v) is 5.13. The van der Waals surface area contributed by atoms with Gasteiger partial charge in [0.15, 0.2) is 0 Å². The minimum Gasteiger partial charge on any atom is -0.373 e. The quantitative estimate of drug-likeness (QED) is 0.644. The largest absolute Gasteiger partial charge is 0.412 e. The lowest BCUT2D eigenvalue weighted by atomic mass is 10.1. The van der Waals surface area contributed by atoms with Gasteiger partial charge in [0.25, 0.3) is 0 Å². The summed E-state index contributed by atoms with van der Waals surface area (Å²) in [6.45, 7) is 1.55. The molecule has 2 rings (SSSR count). The predicted octanol–water partition coefficient (Wildman–Crippen LogP) is 1.89. The highest BCUT2D eigenvalue weighted by Gasteiger charge is 2.24. The molecular formula is C12H10N2O4. The molecule has 1 aromatic carbocycles. The fourth-order valence-corrected chi connectivity index (χ4v) is 1.55. The van der Waals surface area contributed by atoms with Crippen molar-refractivity contribution in [1.29, 1.82) is 0 Å². The van der Waals surface area contributed by atoms with Crippen LogP contribution in [0.1, 0.15) is 16.1 Å². The van der Waals surface area contributed by atoms with Crippen LogP contribution in [0, 0.1) is 6.92 Å². The van der Waals surface area contributed by atoms with Gasteiger partial charge in [0.1, 0.15) is 17.0 Å². The molecule has 1 heterocycles. The van der Waals surface area contributed by atoms with Crippen molar-refractivity contribution >= 4 is 12.1 Å². The minimum atomic E-state index is -1.17. The van der Waals surface area contributed by atoms with Gasteiger partial charge in [0, 0.05) is 5.56 Å². The summed E-state index contributed by atoms with van der Waals surface area (Å²) in [6, 6.07) is 8.94. The zero-order valence-electron chi connectivity index (χ0n) is 9.54. The molecule has 6 nitrogen and oxygen atoms in total. The third-order valence-corrected chi connectivity index (χ3v) is 2.31. The molecule has 0 fully saturated rings. The number of aryl methyl sites for hydroxylation is 1. The van der Waals surface area contributed by atoms with Crippen molar-refractivity contribution in [3.63, 3.8) is 0 Å². The molecule has 6 heteroatoms. The van der Waals surface area contributed by atoms with E-state index in [0.717, 1.165) is 0 Å². The number of carbonyl (C=O) groups excluding carboxylic acids is 2.